The van der Waals surface area contributed by atoms with Gasteiger partial charge in [0, 0.05) is 30.8 Å². The Labute approximate surface area is 251 Å². The van der Waals surface area contributed by atoms with Gasteiger partial charge in [0.1, 0.15) is 11.6 Å². The number of carbonyl (C=O) groups is 1. The van der Waals surface area contributed by atoms with Gasteiger partial charge in [-0.3, -0.25) is 4.79 Å². The standard InChI is InChI=1S/C34H39F3N4O2/c1-22-30-5-4-20-39-33(30)41(21-24-6-16-29(17-7-24)43-34(35,36)37)31(22)18-19-32(42)40-23(2)25-8-10-26(11-9-25)27-12-14-28(38-3)15-13-27/h4-11,16-17,20,23,27-28,31,38H,1,12-15,18-19,21H2,2-3H3,(H,40,42)/t23-,27?,28?,31?/m0/s1. The van der Waals surface area contributed by atoms with Gasteiger partial charge >= 0.3 is 6.36 Å². The van der Waals surface area contributed by atoms with Crippen molar-refractivity contribution in [1.29, 1.82) is 0 Å². The van der Waals surface area contributed by atoms with Crippen molar-refractivity contribution in [1.82, 2.24) is 15.6 Å². The molecule has 0 bridgehead atoms. The molecule has 1 saturated carbocycles. The molecule has 9 heteroatoms. The van der Waals surface area contributed by atoms with Crippen LogP contribution >= 0.6 is 0 Å². The van der Waals surface area contributed by atoms with Crippen molar-refractivity contribution < 1.29 is 22.7 Å². The molecule has 2 N–H and O–H groups in total. The average molecular weight is 593 g/mol. The monoisotopic (exact) mass is 592 g/mol. The zero-order valence-electron chi connectivity index (χ0n) is 24.7. The maximum Gasteiger partial charge on any atom is 0.573 e. The molecule has 3 aromatic rings. The minimum atomic E-state index is -4.74. The number of hydrogen-bond donors (Lipinski definition) is 2. The van der Waals surface area contributed by atoms with Crippen molar-refractivity contribution in [3.05, 3.63) is 95.7 Å². The van der Waals surface area contributed by atoms with Gasteiger partial charge < -0.3 is 20.3 Å². The lowest BCUT2D eigenvalue weighted by Gasteiger charge is -2.28. The molecule has 2 heterocycles. The van der Waals surface area contributed by atoms with E-state index in [9.17, 15) is 18.0 Å². The topological polar surface area (TPSA) is 66.5 Å². The van der Waals surface area contributed by atoms with Crippen LogP contribution in [0, 0.1) is 0 Å². The minimum Gasteiger partial charge on any atom is -0.406 e. The van der Waals surface area contributed by atoms with Crippen LogP contribution in [0.1, 0.15) is 79.7 Å². The van der Waals surface area contributed by atoms with Crippen molar-refractivity contribution in [2.45, 2.75) is 82.4 Å². The summed E-state index contributed by atoms with van der Waals surface area (Å²) < 4.78 is 41.7. The fourth-order valence-corrected chi connectivity index (χ4v) is 6.34. The van der Waals surface area contributed by atoms with Crippen LogP contribution in [0.3, 0.4) is 0 Å². The molecule has 1 fully saturated rings. The number of amides is 1. The smallest absolute Gasteiger partial charge is 0.406 e. The molecule has 5 rings (SSSR count). The number of ether oxygens (including phenoxy) is 1. The molecule has 6 nitrogen and oxygen atoms in total. The van der Waals surface area contributed by atoms with Gasteiger partial charge in [-0.1, -0.05) is 43.0 Å². The molecular formula is C34H39F3N4O2. The van der Waals surface area contributed by atoms with Crippen LogP contribution in [0.4, 0.5) is 19.0 Å². The number of benzene rings is 2. The maximum atomic E-state index is 13.1. The van der Waals surface area contributed by atoms with Crippen molar-refractivity contribution in [2.75, 3.05) is 11.9 Å². The first-order valence-corrected chi connectivity index (χ1v) is 14.9. The fourth-order valence-electron chi connectivity index (χ4n) is 6.34. The number of nitrogens with one attached hydrogen (secondary N) is 2. The number of alkyl halides is 3. The predicted octanol–water partition coefficient (Wildman–Crippen LogP) is 7.29. The Morgan fingerprint density at radius 1 is 1.07 bits per heavy atom. The third kappa shape index (κ3) is 7.57. The Morgan fingerprint density at radius 3 is 2.42 bits per heavy atom. The van der Waals surface area contributed by atoms with Gasteiger partial charge in [-0.2, -0.15) is 0 Å². The SMILES string of the molecule is C=C1c2cccnc2N(Cc2ccc(OC(F)(F)F)cc2)C1CCC(=O)N[C@@H](C)c1ccc(C2CCC(NC)CC2)cc1. The third-order valence-electron chi connectivity index (χ3n) is 8.76. The van der Waals surface area contributed by atoms with E-state index < -0.39 is 6.36 Å². The summed E-state index contributed by atoms with van der Waals surface area (Å²) in [7, 11) is 2.04. The summed E-state index contributed by atoms with van der Waals surface area (Å²) in [5.41, 5.74) is 5.02. The molecule has 228 valence electrons. The van der Waals surface area contributed by atoms with Crippen LogP contribution in [-0.2, 0) is 11.3 Å². The second-order valence-corrected chi connectivity index (χ2v) is 11.6. The van der Waals surface area contributed by atoms with Crippen LogP contribution in [0.25, 0.3) is 5.57 Å². The van der Waals surface area contributed by atoms with E-state index in [1.54, 1.807) is 18.3 Å². The number of halogens is 3. The first kappa shape index (κ1) is 30.6. The van der Waals surface area contributed by atoms with Gasteiger partial charge in [0.15, 0.2) is 0 Å². The number of carbonyl (C=O) groups excluding carboxylic acids is 1. The Kier molecular flexibility index (Phi) is 9.40. The first-order chi connectivity index (χ1) is 20.6. The number of hydrogen-bond acceptors (Lipinski definition) is 5. The quantitative estimate of drug-likeness (QED) is 0.259. The summed E-state index contributed by atoms with van der Waals surface area (Å²) in [4.78, 5) is 19.7. The third-order valence-corrected chi connectivity index (χ3v) is 8.76. The molecule has 1 unspecified atom stereocenters. The van der Waals surface area contributed by atoms with E-state index in [0.29, 0.717) is 31.3 Å². The summed E-state index contributed by atoms with van der Waals surface area (Å²) in [6, 6.07) is 18.6. The Balaban J connectivity index is 1.18. The number of aromatic nitrogens is 1. The van der Waals surface area contributed by atoms with E-state index in [2.05, 4.69) is 56.1 Å². The zero-order chi connectivity index (χ0) is 30.6. The van der Waals surface area contributed by atoms with Crippen molar-refractivity contribution in [2.24, 2.45) is 0 Å². The molecular weight excluding hydrogens is 553 g/mol. The van der Waals surface area contributed by atoms with Crippen LogP contribution in [0.5, 0.6) is 5.75 Å². The highest BCUT2D eigenvalue weighted by molar-refractivity contribution is 5.85. The number of nitrogens with zero attached hydrogens (tertiary/aromatic N) is 2. The normalized spacial score (nSPS) is 20.9. The molecule has 2 atom stereocenters. The lowest BCUT2D eigenvalue weighted by Crippen LogP contribution is -2.33. The first-order valence-electron chi connectivity index (χ1n) is 14.9. The van der Waals surface area contributed by atoms with Gasteiger partial charge in [-0.05, 0) is 98.5 Å². The number of pyridine rings is 1. The highest BCUT2D eigenvalue weighted by atomic mass is 19.4. The van der Waals surface area contributed by atoms with Crippen LogP contribution in [0.2, 0.25) is 0 Å². The molecule has 2 aliphatic rings. The zero-order valence-corrected chi connectivity index (χ0v) is 24.7. The summed E-state index contributed by atoms with van der Waals surface area (Å²) >= 11 is 0. The predicted molar refractivity (Wildman–Crippen MR) is 163 cm³/mol. The lowest BCUT2D eigenvalue weighted by atomic mass is 9.81. The van der Waals surface area contributed by atoms with Gasteiger partial charge in [0.25, 0.3) is 0 Å². The highest BCUT2D eigenvalue weighted by Gasteiger charge is 2.34. The highest BCUT2D eigenvalue weighted by Crippen LogP contribution is 2.41. The van der Waals surface area contributed by atoms with Gasteiger partial charge in [0.2, 0.25) is 5.91 Å². The molecule has 1 aliphatic heterocycles. The second-order valence-electron chi connectivity index (χ2n) is 11.6. The number of rotatable bonds is 10. The molecule has 0 radical (unpaired) electrons. The average Bonchev–Trinajstić information content (AvgIpc) is 3.26. The second kappa shape index (κ2) is 13.2. The van der Waals surface area contributed by atoms with Gasteiger partial charge in [-0.15, -0.1) is 13.2 Å². The number of fused-ring (bicyclic) bond motifs is 1. The number of anilines is 1. The van der Waals surface area contributed by atoms with E-state index in [4.69, 9.17) is 0 Å². The summed E-state index contributed by atoms with van der Waals surface area (Å²) in [5, 5.41) is 6.53. The van der Waals surface area contributed by atoms with Crippen molar-refractivity contribution in [3.63, 3.8) is 0 Å². The molecule has 43 heavy (non-hydrogen) atoms. The Morgan fingerprint density at radius 2 is 1.77 bits per heavy atom. The maximum absolute atomic E-state index is 13.1. The lowest BCUT2D eigenvalue weighted by molar-refractivity contribution is -0.274. The van der Waals surface area contributed by atoms with Crippen molar-refractivity contribution in [3.8, 4) is 5.75 Å². The summed E-state index contributed by atoms with van der Waals surface area (Å²) in [6.07, 6.45) is 2.57. The Bertz CT molecular complexity index is 1400. The fraction of sp³-hybridized carbons (Fsp3) is 0.412. The van der Waals surface area contributed by atoms with E-state index in [1.807, 2.05) is 26.1 Å². The largest absolute Gasteiger partial charge is 0.573 e. The molecule has 0 spiro atoms. The van der Waals surface area contributed by atoms with E-state index in [1.165, 1.54) is 43.4 Å². The van der Waals surface area contributed by atoms with Crippen LogP contribution in [-0.4, -0.2) is 36.4 Å². The minimum absolute atomic E-state index is 0.0488. The Hall–Kier alpha value is -3.85. The van der Waals surface area contributed by atoms with Crippen LogP contribution in [0.15, 0.2) is 73.4 Å². The van der Waals surface area contributed by atoms with E-state index >= 15 is 0 Å². The molecule has 1 aromatic heterocycles. The molecule has 0 saturated heterocycles. The van der Waals surface area contributed by atoms with E-state index in [0.717, 1.165) is 28.1 Å². The molecule has 1 aliphatic carbocycles. The van der Waals surface area contributed by atoms with E-state index in [-0.39, 0.29) is 23.7 Å². The summed E-state index contributed by atoms with van der Waals surface area (Å²) in [5.74, 6) is 1.03. The molecule has 1 amide bonds. The summed E-state index contributed by atoms with van der Waals surface area (Å²) in [6.45, 7) is 6.70. The van der Waals surface area contributed by atoms with Crippen LogP contribution < -0.4 is 20.3 Å². The van der Waals surface area contributed by atoms with Gasteiger partial charge in [0.05, 0.1) is 12.1 Å². The van der Waals surface area contributed by atoms with Gasteiger partial charge in [-0.25, -0.2) is 4.98 Å². The molecule has 2 aromatic carbocycles. The van der Waals surface area contributed by atoms with Crippen molar-refractivity contribution >= 4 is 17.3 Å².